The minimum Gasteiger partial charge on any atom is -0.444 e. The van der Waals surface area contributed by atoms with E-state index in [1.807, 2.05) is 20.8 Å². The van der Waals surface area contributed by atoms with Gasteiger partial charge in [-0.3, -0.25) is 0 Å². The SMILES string of the molecule is CC(C)(C)OC(=O)N1CCCC(=C=Cc2cc(F)ccc2Br)C1. The Kier molecular flexibility index (Phi) is 5.66. The van der Waals surface area contributed by atoms with Crippen molar-refractivity contribution >= 4 is 28.1 Å². The lowest BCUT2D eigenvalue weighted by atomic mass is 10.1. The van der Waals surface area contributed by atoms with E-state index in [0.717, 1.165) is 28.5 Å². The van der Waals surface area contributed by atoms with Crippen molar-refractivity contribution in [2.24, 2.45) is 0 Å². The molecular formula is C18H21BrFNO2. The van der Waals surface area contributed by atoms with E-state index in [-0.39, 0.29) is 11.9 Å². The fourth-order valence-corrected chi connectivity index (χ4v) is 2.64. The van der Waals surface area contributed by atoms with Crippen molar-refractivity contribution in [3.05, 3.63) is 45.4 Å². The van der Waals surface area contributed by atoms with E-state index in [0.29, 0.717) is 13.1 Å². The van der Waals surface area contributed by atoms with Crippen molar-refractivity contribution in [1.29, 1.82) is 0 Å². The number of hydrogen-bond donors (Lipinski definition) is 0. The monoisotopic (exact) mass is 381 g/mol. The van der Waals surface area contributed by atoms with Gasteiger partial charge in [-0.2, -0.15) is 0 Å². The molecule has 124 valence electrons. The molecule has 0 saturated carbocycles. The number of carbonyl (C=O) groups is 1. The van der Waals surface area contributed by atoms with Crippen molar-refractivity contribution < 1.29 is 13.9 Å². The fraction of sp³-hybridized carbons (Fsp3) is 0.444. The summed E-state index contributed by atoms with van der Waals surface area (Å²) in [4.78, 5) is 13.8. The van der Waals surface area contributed by atoms with Gasteiger partial charge in [-0.05, 0) is 69.0 Å². The number of benzene rings is 1. The molecule has 0 unspecified atom stereocenters. The molecule has 0 bridgehead atoms. The normalized spacial score (nSPS) is 15.2. The Morgan fingerprint density at radius 2 is 2.17 bits per heavy atom. The van der Waals surface area contributed by atoms with E-state index in [4.69, 9.17) is 4.74 Å². The molecule has 2 rings (SSSR count). The predicted octanol–water partition coefficient (Wildman–Crippen LogP) is 5.16. The molecule has 0 radical (unpaired) electrons. The quantitative estimate of drug-likeness (QED) is 0.628. The summed E-state index contributed by atoms with van der Waals surface area (Å²) in [7, 11) is 0. The predicted molar refractivity (Wildman–Crippen MR) is 92.6 cm³/mol. The Labute approximate surface area is 144 Å². The summed E-state index contributed by atoms with van der Waals surface area (Å²) < 4.78 is 19.5. The summed E-state index contributed by atoms with van der Waals surface area (Å²) in [5.74, 6) is -0.287. The van der Waals surface area contributed by atoms with Gasteiger partial charge in [-0.15, -0.1) is 5.73 Å². The van der Waals surface area contributed by atoms with Crippen LogP contribution in [0.25, 0.3) is 6.08 Å². The second-order valence-corrected chi connectivity index (χ2v) is 7.42. The van der Waals surface area contributed by atoms with Crippen molar-refractivity contribution in [3.63, 3.8) is 0 Å². The Morgan fingerprint density at radius 3 is 2.87 bits per heavy atom. The maximum atomic E-state index is 13.3. The van der Waals surface area contributed by atoms with E-state index in [9.17, 15) is 9.18 Å². The van der Waals surface area contributed by atoms with Gasteiger partial charge in [0.1, 0.15) is 11.4 Å². The van der Waals surface area contributed by atoms with Crippen LogP contribution in [0.1, 0.15) is 39.2 Å². The zero-order valence-electron chi connectivity index (χ0n) is 13.7. The van der Waals surface area contributed by atoms with Crippen LogP contribution in [0.2, 0.25) is 0 Å². The van der Waals surface area contributed by atoms with Crippen LogP contribution in [0, 0.1) is 5.82 Å². The maximum absolute atomic E-state index is 13.3. The lowest BCUT2D eigenvalue weighted by Crippen LogP contribution is -2.40. The summed E-state index contributed by atoms with van der Waals surface area (Å²) in [5.41, 5.74) is 4.44. The molecule has 1 aromatic carbocycles. The van der Waals surface area contributed by atoms with Crippen LogP contribution in [0.3, 0.4) is 0 Å². The largest absolute Gasteiger partial charge is 0.444 e. The van der Waals surface area contributed by atoms with Crippen LogP contribution >= 0.6 is 15.9 Å². The topological polar surface area (TPSA) is 29.5 Å². The van der Waals surface area contributed by atoms with E-state index in [1.165, 1.54) is 12.1 Å². The van der Waals surface area contributed by atoms with Gasteiger partial charge in [0.15, 0.2) is 0 Å². The zero-order valence-corrected chi connectivity index (χ0v) is 15.2. The first kappa shape index (κ1) is 17.8. The number of halogens is 2. The molecule has 1 aromatic rings. The number of hydrogen-bond acceptors (Lipinski definition) is 2. The van der Waals surface area contributed by atoms with Crippen LogP contribution in [0.5, 0.6) is 0 Å². The van der Waals surface area contributed by atoms with Crippen molar-refractivity contribution in [2.75, 3.05) is 13.1 Å². The number of likely N-dealkylation sites (tertiary alicyclic amines) is 1. The Hall–Kier alpha value is -1.58. The number of carbonyl (C=O) groups excluding carboxylic acids is 1. The molecule has 1 aliphatic heterocycles. The lowest BCUT2D eigenvalue weighted by Gasteiger charge is -2.30. The van der Waals surface area contributed by atoms with Gasteiger partial charge in [-0.1, -0.05) is 15.9 Å². The molecule has 0 spiro atoms. The molecule has 1 amide bonds. The van der Waals surface area contributed by atoms with Gasteiger partial charge in [0.05, 0.1) is 6.54 Å². The smallest absolute Gasteiger partial charge is 0.410 e. The molecule has 1 heterocycles. The van der Waals surface area contributed by atoms with E-state index in [1.54, 1.807) is 17.0 Å². The summed E-state index contributed by atoms with van der Waals surface area (Å²) in [6, 6.07) is 4.52. The summed E-state index contributed by atoms with van der Waals surface area (Å²) >= 11 is 3.39. The summed E-state index contributed by atoms with van der Waals surface area (Å²) in [6.45, 7) is 6.75. The third kappa shape index (κ3) is 5.52. The van der Waals surface area contributed by atoms with E-state index >= 15 is 0 Å². The number of piperidine rings is 1. The minimum atomic E-state index is -0.499. The molecule has 0 aliphatic carbocycles. The highest BCUT2D eigenvalue weighted by Gasteiger charge is 2.24. The van der Waals surface area contributed by atoms with Gasteiger partial charge >= 0.3 is 6.09 Å². The van der Waals surface area contributed by atoms with Crippen molar-refractivity contribution in [1.82, 2.24) is 4.90 Å². The molecule has 1 aliphatic rings. The average molecular weight is 382 g/mol. The van der Waals surface area contributed by atoms with Crippen molar-refractivity contribution in [2.45, 2.75) is 39.2 Å². The summed E-state index contributed by atoms with van der Waals surface area (Å²) in [6.07, 6.45) is 3.20. The molecule has 5 heteroatoms. The Morgan fingerprint density at radius 1 is 1.43 bits per heavy atom. The highest BCUT2D eigenvalue weighted by atomic mass is 79.9. The van der Waals surface area contributed by atoms with Crippen LogP contribution in [0.15, 0.2) is 34.0 Å². The van der Waals surface area contributed by atoms with Gasteiger partial charge in [0, 0.05) is 11.0 Å². The Bertz CT molecular complexity index is 657. The van der Waals surface area contributed by atoms with Gasteiger partial charge < -0.3 is 9.64 Å². The van der Waals surface area contributed by atoms with E-state index in [2.05, 4.69) is 21.7 Å². The molecule has 0 aromatic heterocycles. The number of amides is 1. The number of ether oxygens (including phenoxy) is 1. The molecular weight excluding hydrogens is 361 g/mol. The molecule has 3 nitrogen and oxygen atoms in total. The highest BCUT2D eigenvalue weighted by molar-refractivity contribution is 9.10. The lowest BCUT2D eigenvalue weighted by molar-refractivity contribution is 0.0247. The Balaban J connectivity index is 2.12. The first-order chi connectivity index (χ1) is 10.7. The van der Waals surface area contributed by atoms with Gasteiger partial charge in [0.25, 0.3) is 0 Å². The molecule has 1 saturated heterocycles. The fourth-order valence-electron chi connectivity index (χ4n) is 2.28. The zero-order chi connectivity index (χ0) is 17.0. The van der Waals surface area contributed by atoms with Crippen LogP contribution in [0.4, 0.5) is 9.18 Å². The van der Waals surface area contributed by atoms with Gasteiger partial charge in [-0.25, -0.2) is 9.18 Å². The second kappa shape index (κ2) is 7.33. The van der Waals surface area contributed by atoms with Crippen LogP contribution in [-0.4, -0.2) is 29.7 Å². The minimum absolute atomic E-state index is 0.287. The average Bonchev–Trinajstić information content (AvgIpc) is 2.47. The van der Waals surface area contributed by atoms with Crippen molar-refractivity contribution in [3.8, 4) is 0 Å². The summed E-state index contributed by atoms with van der Waals surface area (Å²) in [5, 5.41) is 0. The number of rotatable bonds is 1. The molecule has 23 heavy (non-hydrogen) atoms. The maximum Gasteiger partial charge on any atom is 0.410 e. The third-order valence-corrected chi connectivity index (χ3v) is 4.05. The van der Waals surface area contributed by atoms with Crippen LogP contribution < -0.4 is 0 Å². The first-order valence-electron chi connectivity index (χ1n) is 7.62. The molecule has 0 N–H and O–H groups in total. The van der Waals surface area contributed by atoms with Gasteiger partial charge in [0.2, 0.25) is 0 Å². The number of nitrogens with zero attached hydrogens (tertiary/aromatic N) is 1. The highest BCUT2D eigenvalue weighted by Crippen LogP contribution is 2.21. The standard InChI is InChI=1S/C18H21BrFNO2/c1-18(2,3)23-17(22)21-10-4-5-13(12-21)6-7-14-11-15(20)8-9-16(14)19/h7-9,11H,4-5,10,12H2,1-3H3. The van der Waals surface area contributed by atoms with Crippen LogP contribution in [-0.2, 0) is 4.74 Å². The second-order valence-electron chi connectivity index (χ2n) is 6.56. The first-order valence-corrected chi connectivity index (χ1v) is 8.41. The third-order valence-electron chi connectivity index (χ3n) is 3.33. The molecule has 0 atom stereocenters. The molecule has 1 fully saturated rings. The van der Waals surface area contributed by atoms with E-state index < -0.39 is 5.60 Å².